The predicted molar refractivity (Wildman–Crippen MR) is 102 cm³/mol. The molecule has 0 spiro atoms. The minimum atomic E-state index is 0.612. The Balaban J connectivity index is 1.62. The quantitative estimate of drug-likeness (QED) is 0.420. The molecule has 7 heteroatoms. The molecule has 0 unspecified atom stereocenters. The third kappa shape index (κ3) is 3.27. The zero-order valence-corrected chi connectivity index (χ0v) is 14.6. The number of rotatable bonds is 4. The molecule has 0 fully saturated rings. The summed E-state index contributed by atoms with van der Waals surface area (Å²) in [6.07, 6.45) is 4.97. The molecule has 0 aliphatic carbocycles. The van der Waals surface area contributed by atoms with Crippen LogP contribution in [0.3, 0.4) is 0 Å². The zero-order valence-electron chi connectivity index (χ0n) is 13.0. The van der Waals surface area contributed by atoms with Gasteiger partial charge in [0.05, 0.1) is 23.5 Å². The Kier molecular flexibility index (Phi) is 4.22. The van der Waals surface area contributed by atoms with Crippen LogP contribution in [0.4, 0.5) is 5.82 Å². The predicted octanol–water partition coefficient (Wildman–Crippen LogP) is 4.02. The van der Waals surface area contributed by atoms with Gasteiger partial charge in [-0.1, -0.05) is 46.3 Å². The van der Waals surface area contributed by atoms with Crippen LogP contribution in [0.2, 0.25) is 0 Å². The van der Waals surface area contributed by atoms with Crippen LogP contribution in [-0.2, 0) is 0 Å². The van der Waals surface area contributed by atoms with Crippen LogP contribution in [-0.4, -0.2) is 26.0 Å². The van der Waals surface area contributed by atoms with Crippen molar-refractivity contribution >= 4 is 39.0 Å². The molecule has 6 nitrogen and oxygen atoms in total. The van der Waals surface area contributed by atoms with E-state index in [0.29, 0.717) is 5.82 Å². The normalized spacial score (nSPS) is 11.2. The summed E-state index contributed by atoms with van der Waals surface area (Å²) in [6.45, 7) is 0. The Morgan fingerprint density at radius 3 is 2.60 bits per heavy atom. The van der Waals surface area contributed by atoms with E-state index in [1.54, 1.807) is 17.1 Å². The molecule has 4 aromatic rings. The summed E-state index contributed by atoms with van der Waals surface area (Å²) in [5, 5.41) is 9.48. The minimum Gasteiger partial charge on any atom is -0.261 e. The van der Waals surface area contributed by atoms with Gasteiger partial charge in [-0.3, -0.25) is 5.43 Å². The van der Waals surface area contributed by atoms with Crippen LogP contribution in [0.1, 0.15) is 5.56 Å². The van der Waals surface area contributed by atoms with Crippen molar-refractivity contribution < 1.29 is 0 Å². The van der Waals surface area contributed by atoms with Crippen LogP contribution in [0.5, 0.6) is 0 Å². The second-order valence-electron chi connectivity index (χ2n) is 5.27. The van der Waals surface area contributed by atoms with Crippen LogP contribution < -0.4 is 5.43 Å². The summed E-state index contributed by atoms with van der Waals surface area (Å²) >= 11 is 3.41. The van der Waals surface area contributed by atoms with E-state index in [-0.39, 0.29) is 0 Å². The summed E-state index contributed by atoms with van der Waals surface area (Å²) in [5.41, 5.74) is 5.63. The highest BCUT2D eigenvalue weighted by Crippen LogP contribution is 2.21. The third-order valence-electron chi connectivity index (χ3n) is 3.62. The van der Waals surface area contributed by atoms with E-state index in [4.69, 9.17) is 0 Å². The van der Waals surface area contributed by atoms with Gasteiger partial charge in [0, 0.05) is 4.47 Å². The highest BCUT2D eigenvalue weighted by atomic mass is 79.9. The molecule has 2 aromatic heterocycles. The van der Waals surface area contributed by atoms with Gasteiger partial charge in [0.2, 0.25) is 0 Å². The van der Waals surface area contributed by atoms with Crippen LogP contribution >= 0.6 is 15.9 Å². The Labute approximate surface area is 152 Å². The summed E-state index contributed by atoms with van der Waals surface area (Å²) in [7, 11) is 0. The fraction of sp³-hybridized carbons (Fsp3) is 0. The summed E-state index contributed by atoms with van der Waals surface area (Å²) in [5.74, 6) is 0.612. The molecule has 2 heterocycles. The topological polar surface area (TPSA) is 68.0 Å². The number of aromatic nitrogens is 4. The van der Waals surface area contributed by atoms with Gasteiger partial charge in [-0.2, -0.15) is 10.2 Å². The monoisotopic (exact) mass is 392 g/mol. The lowest BCUT2D eigenvalue weighted by Crippen LogP contribution is -1.99. The number of halogens is 1. The molecule has 0 aliphatic heterocycles. The largest absolute Gasteiger partial charge is 0.261 e. The van der Waals surface area contributed by atoms with Crippen LogP contribution in [0.15, 0.2) is 76.7 Å². The van der Waals surface area contributed by atoms with E-state index in [2.05, 4.69) is 41.5 Å². The van der Waals surface area contributed by atoms with Gasteiger partial charge in [-0.15, -0.1) is 0 Å². The lowest BCUT2D eigenvalue weighted by atomic mass is 10.2. The number of para-hydroxylation sites is 1. The smallest absolute Gasteiger partial charge is 0.168 e. The van der Waals surface area contributed by atoms with E-state index in [0.717, 1.165) is 26.8 Å². The molecule has 1 N–H and O–H groups in total. The molecule has 0 bridgehead atoms. The second-order valence-corrected chi connectivity index (χ2v) is 6.19. The number of hydrogen-bond donors (Lipinski definition) is 1. The molecule has 2 aromatic carbocycles. The molecule has 0 saturated carbocycles. The number of hydrogen-bond acceptors (Lipinski definition) is 5. The SMILES string of the molecule is Brc1ccc(/C=N/Nc2ncnc3c2cnn3-c2ccccc2)cc1. The maximum Gasteiger partial charge on any atom is 0.168 e. The lowest BCUT2D eigenvalue weighted by molar-refractivity contribution is 0.895. The first kappa shape index (κ1) is 15.5. The zero-order chi connectivity index (χ0) is 17.1. The van der Waals surface area contributed by atoms with E-state index in [1.165, 1.54) is 6.33 Å². The molecule has 0 saturated heterocycles. The molecule has 0 radical (unpaired) electrons. The van der Waals surface area contributed by atoms with E-state index >= 15 is 0 Å². The van der Waals surface area contributed by atoms with Crippen molar-refractivity contribution in [3.05, 3.63) is 77.2 Å². The molecule has 4 rings (SSSR count). The van der Waals surface area contributed by atoms with Crippen molar-refractivity contribution in [3.63, 3.8) is 0 Å². The first-order valence-corrected chi connectivity index (χ1v) is 8.39. The number of nitrogens with one attached hydrogen (secondary N) is 1. The second kappa shape index (κ2) is 6.82. The maximum absolute atomic E-state index is 4.42. The van der Waals surface area contributed by atoms with Gasteiger partial charge >= 0.3 is 0 Å². The van der Waals surface area contributed by atoms with E-state index < -0.39 is 0 Å². The van der Waals surface area contributed by atoms with Crippen molar-refractivity contribution in [1.29, 1.82) is 0 Å². The first-order chi connectivity index (χ1) is 12.3. The fourth-order valence-corrected chi connectivity index (χ4v) is 2.67. The maximum atomic E-state index is 4.42. The summed E-state index contributed by atoms with van der Waals surface area (Å²) < 4.78 is 2.81. The van der Waals surface area contributed by atoms with Gasteiger partial charge in [0.15, 0.2) is 11.5 Å². The highest BCUT2D eigenvalue weighted by Gasteiger charge is 2.10. The van der Waals surface area contributed by atoms with Crippen molar-refractivity contribution in [2.45, 2.75) is 0 Å². The standard InChI is InChI=1S/C18H13BrN6/c19-14-8-6-13(7-9-14)10-22-24-17-16-11-23-25(18(16)21-12-20-17)15-4-2-1-3-5-15/h1-12H,(H,20,21,24)/b22-10+. The molecular formula is C18H13BrN6. The van der Waals surface area contributed by atoms with Crippen LogP contribution in [0, 0.1) is 0 Å². The van der Waals surface area contributed by atoms with Gasteiger partial charge in [0.25, 0.3) is 0 Å². The number of nitrogens with zero attached hydrogens (tertiary/aromatic N) is 5. The Morgan fingerprint density at radius 2 is 1.80 bits per heavy atom. The third-order valence-corrected chi connectivity index (χ3v) is 4.15. The molecule has 25 heavy (non-hydrogen) atoms. The average molecular weight is 393 g/mol. The average Bonchev–Trinajstić information content (AvgIpc) is 3.09. The van der Waals surface area contributed by atoms with Gasteiger partial charge in [-0.25, -0.2) is 14.6 Å². The lowest BCUT2D eigenvalue weighted by Gasteiger charge is -2.03. The Bertz CT molecular complexity index is 1020. The first-order valence-electron chi connectivity index (χ1n) is 7.60. The number of hydrazone groups is 1. The molecular weight excluding hydrogens is 380 g/mol. The van der Waals surface area contributed by atoms with E-state index in [1.807, 2.05) is 54.6 Å². The number of anilines is 1. The number of benzene rings is 2. The minimum absolute atomic E-state index is 0.612. The van der Waals surface area contributed by atoms with E-state index in [9.17, 15) is 0 Å². The van der Waals surface area contributed by atoms with Gasteiger partial charge < -0.3 is 0 Å². The van der Waals surface area contributed by atoms with Crippen molar-refractivity contribution in [2.75, 3.05) is 5.43 Å². The highest BCUT2D eigenvalue weighted by molar-refractivity contribution is 9.10. The Morgan fingerprint density at radius 1 is 1.00 bits per heavy atom. The van der Waals surface area contributed by atoms with Crippen molar-refractivity contribution in [1.82, 2.24) is 19.7 Å². The Hall–Kier alpha value is -3.06. The molecule has 0 aliphatic rings. The molecule has 0 amide bonds. The number of fused-ring (bicyclic) bond motifs is 1. The van der Waals surface area contributed by atoms with Crippen LogP contribution in [0.25, 0.3) is 16.7 Å². The summed E-state index contributed by atoms with van der Waals surface area (Å²) in [4.78, 5) is 8.61. The molecule has 122 valence electrons. The van der Waals surface area contributed by atoms with Crippen molar-refractivity contribution in [3.8, 4) is 5.69 Å². The van der Waals surface area contributed by atoms with Gasteiger partial charge in [0.1, 0.15) is 6.33 Å². The van der Waals surface area contributed by atoms with Gasteiger partial charge in [-0.05, 0) is 29.8 Å². The molecule has 0 atom stereocenters. The summed E-state index contributed by atoms with van der Waals surface area (Å²) in [6, 6.07) is 17.7. The van der Waals surface area contributed by atoms with Crippen molar-refractivity contribution in [2.24, 2.45) is 5.10 Å². The fourth-order valence-electron chi connectivity index (χ4n) is 2.41.